The molecule has 0 aliphatic carbocycles. The third kappa shape index (κ3) is 4.00. The van der Waals surface area contributed by atoms with Crippen molar-refractivity contribution in [2.75, 3.05) is 12.4 Å². The molecule has 8 nitrogen and oxygen atoms in total. The molecule has 1 atom stereocenters. The fourth-order valence-electron chi connectivity index (χ4n) is 3.98. The first-order chi connectivity index (χ1) is 15.8. The molecule has 0 bridgehead atoms. The second-order valence-electron chi connectivity index (χ2n) is 7.97. The van der Waals surface area contributed by atoms with Crippen LogP contribution < -0.4 is 15.6 Å². The van der Waals surface area contributed by atoms with E-state index < -0.39 is 11.6 Å². The minimum atomic E-state index is -0.831. The van der Waals surface area contributed by atoms with Gasteiger partial charge in [0.1, 0.15) is 23.2 Å². The molecular weight excluding hydrogens is 420 g/mol. The van der Waals surface area contributed by atoms with Gasteiger partial charge >= 0.3 is 0 Å². The number of carbonyl (C=O) groups excluding carboxylic acids is 1. The molecule has 2 heterocycles. The van der Waals surface area contributed by atoms with E-state index in [-0.39, 0.29) is 11.4 Å². The molecule has 2 aromatic carbocycles. The van der Waals surface area contributed by atoms with Crippen molar-refractivity contribution < 1.29 is 14.1 Å². The van der Waals surface area contributed by atoms with E-state index in [0.29, 0.717) is 29.0 Å². The van der Waals surface area contributed by atoms with Gasteiger partial charge in [0.25, 0.3) is 5.56 Å². The number of hydrogen-bond donors (Lipinski definition) is 1. The molecule has 4 aromatic rings. The van der Waals surface area contributed by atoms with Gasteiger partial charge in [0.05, 0.1) is 12.5 Å². The van der Waals surface area contributed by atoms with Gasteiger partial charge in [0.2, 0.25) is 5.91 Å². The molecular formula is C25H26N4O4. The molecule has 0 saturated carbocycles. The molecule has 33 heavy (non-hydrogen) atoms. The van der Waals surface area contributed by atoms with Crippen LogP contribution >= 0.6 is 0 Å². The van der Waals surface area contributed by atoms with E-state index in [1.807, 2.05) is 63.2 Å². The second-order valence-corrected chi connectivity index (χ2v) is 7.97. The van der Waals surface area contributed by atoms with E-state index >= 15 is 0 Å². The van der Waals surface area contributed by atoms with Crippen molar-refractivity contribution in [3.8, 4) is 17.0 Å². The van der Waals surface area contributed by atoms with E-state index in [0.717, 1.165) is 22.4 Å². The Balaban J connectivity index is 1.86. The molecule has 0 aliphatic rings. The molecule has 0 unspecified atom stereocenters. The average Bonchev–Trinajstić information content (AvgIpc) is 3.20. The maximum atomic E-state index is 13.3. The largest absolute Gasteiger partial charge is 0.497 e. The zero-order chi connectivity index (χ0) is 23.7. The van der Waals surface area contributed by atoms with Gasteiger partial charge in [-0.25, -0.2) is 4.68 Å². The van der Waals surface area contributed by atoms with Gasteiger partial charge in [-0.3, -0.25) is 9.59 Å². The van der Waals surface area contributed by atoms with Crippen LogP contribution in [0.5, 0.6) is 5.75 Å². The van der Waals surface area contributed by atoms with Crippen molar-refractivity contribution in [3.05, 3.63) is 69.7 Å². The first-order valence-electron chi connectivity index (χ1n) is 10.8. The van der Waals surface area contributed by atoms with E-state index in [4.69, 9.17) is 9.26 Å². The average molecular weight is 447 g/mol. The third-order valence-electron chi connectivity index (χ3n) is 5.77. The van der Waals surface area contributed by atoms with Crippen molar-refractivity contribution in [1.82, 2.24) is 14.9 Å². The predicted octanol–water partition coefficient (Wildman–Crippen LogP) is 4.58. The number of hydrogen-bond acceptors (Lipinski definition) is 6. The van der Waals surface area contributed by atoms with E-state index in [1.165, 1.54) is 4.68 Å². The van der Waals surface area contributed by atoms with Crippen LogP contribution in [0, 0.1) is 20.8 Å². The van der Waals surface area contributed by atoms with Crippen molar-refractivity contribution in [2.24, 2.45) is 0 Å². The number of benzene rings is 2. The lowest BCUT2D eigenvalue weighted by Gasteiger charge is -2.19. The number of aromatic nitrogens is 3. The molecule has 0 spiro atoms. The number of methoxy groups -OCH3 is 1. The standard InChI is InChI=1S/C25H26N4O4/c1-6-19(24(30)26-21-14(2)9-7-10-15(21)3)29-25(31)23-20(16(4)33-28-23)22(27-29)17-11-8-12-18(13-17)32-5/h7-13,19H,6H2,1-5H3,(H,26,30)/t19-/m0/s1. The molecule has 0 saturated heterocycles. The van der Waals surface area contributed by atoms with Gasteiger partial charge in [-0.05, 0) is 50.5 Å². The van der Waals surface area contributed by atoms with E-state index in [2.05, 4.69) is 15.6 Å². The first kappa shape index (κ1) is 22.3. The number of carbonyl (C=O) groups is 1. The van der Waals surface area contributed by atoms with Crippen LogP contribution in [0.4, 0.5) is 5.69 Å². The Bertz CT molecular complexity index is 1380. The number of nitrogens with one attached hydrogen (secondary N) is 1. The molecule has 170 valence electrons. The van der Waals surface area contributed by atoms with Crippen molar-refractivity contribution in [2.45, 2.75) is 40.2 Å². The topological polar surface area (TPSA) is 99.2 Å². The predicted molar refractivity (Wildman–Crippen MR) is 127 cm³/mol. The summed E-state index contributed by atoms with van der Waals surface area (Å²) in [6.07, 6.45) is 0.365. The summed E-state index contributed by atoms with van der Waals surface area (Å²) in [5.41, 5.74) is 3.51. The van der Waals surface area contributed by atoms with Crippen LogP contribution in [0.2, 0.25) is 0 Å². The normalized spacial score (nSPS) is 12.0. The highest BCUT2D eigenvalue weighted by Crippen LogP contribution is 2.30. The number of fused-ring (bicyclic) bond motifs is 1. The summed E-state index contributed by atoms with van der Waals surface area (Å²) in [5.74, 6) is 0.808. The number of aryl methyl sites for hydroxylation is 3. The maximum absolute atomic E-state index is 13.3. The number of ether oxygens (including phenoxy) is 1. The summed E-state index contributed by atoms with van der Waals surface area (Å²) in [6, 6.07) is 12.3. The zero-order valence-corrected chi connectivity index (χ0v) is 19.3. The highest BCUT2D eigenvalue weighted by atomic mass is 16.5. The molecule has 1 N–H and O–H groups in total. The summed E-state index contributed by atoms with van der Waals surface area (Å²) < 4.78 is 11.9. The third-order valence-corrected chi connectivity index (χ3v) is 5.77. The van der Waals surface area contributed by atoms with Crippen molar-refractivity contribution >= 4 is 22.5 Å². The Labute approximate surface area is 191 Å². The van der Waals surface area contributed by atoms with Crippen LogP contribution in [-0.4, -0.2) is 28.0 Å². The number of rotatable bonds is 6. The minimum Gasteiger partial charge on any atom is -0.497 e. The fraction of sp³-hybridized carbons (Fsp3) is 0.280. The summed E-state index contributed by atoms with van der Waals surface area (Å²) in [5, 5.41) is 12.1. The molecule has 1 amide bonds. The maximum Gasteiger partial charge on any atom is 0.297 e. The van der Waals surface area contributed by atoms with E-state index in [1.54, 1.807) is 14.0 Å². The number of para-hydroxylation sites is 1. The molecule has 8 heteroatoms. The molecule has 0 aliphatic heterocycles. The summed E-state index contributed by atoms with van der Waals surface area (Å²) >= 11 is 0. The lowest BCUT2D eigenvalue weighted by Crippen LogP contribution is -2.35. The first-order valence-corrected chi connectivity index (χ1v) is 10.8. The highest BCUT2D eigenvalue weighted by Gasteiger charge is 2.27. The smallest absolute Gasteiger partial charge is 0.297 e. The van der Waals surface area contributed by atoms with Crippen molar-refractivity contribution in [3.63, 3.8) is 0 Å². The quantitative estimate of drug-likeness (QED) is 0.466. The van der Waals surface area contributed by atoms with Crippen LogP contribution in [0.15, 0.2) is 51.8 Å². The Morgan fingerprint density at radius 1 is 1.15 bits per heavy atom. The van der Waals surface area contributed by atoms with Crippen LogP contribution in [0.1, 0.15) is 36.3 Å². The van der Waals surface area contributed by atoms with Gasteiger partial charge in [0, 0.05) is 11.3 Å². The molecule has 0 fully saturated rings. The molecule has 0 radical (unpaired) electrons. The van der Waals surface area contributed by atoms with Gasteiger partial charge in [0.15, 0.2) is 5.52 Å². The van der Waals surface area contributed by atoms with Crippen molar-refractivity contribution in [1.29, 1.82) is 0 Å². The van der Waals surface area contributed by atoms with Crippen LogP contribution in [0.25, 0.3) is 22.2 Å². The molecule has 2 aromatic heterocycles. The Kier molecular flexibility index (Phi) is 6.00. The van der Waals surface area contributed by atoms with Gasteiger partial charge in [-0.2, -0.15) is 5.10 Å². The Hall–Kier alpha value is -3.94. The van der Waals surface area contributed by atoms with E-state index in [9.17, 15) is 9.59 Å². The number of nitrogens with zero attached hydrogens (tertiary/aromatic N) is 3. The lowest BCUT2D eigenvalue weighted by molar-refractivity contribution is -0.119. The number of anilines is 1. The Morgan fingerprint density at radius 3 is 2.52 bits per heavy atom. The van der Waals surface area contributed by atoms with Gasteiger partial charge in [-0.1, -0.05) is 42.4 Å². The summed E-state index contributed by atoms with van der Waals surface area (Å²) in [6.45, 7) is 7.43. The molecule has 4 rings (SSSR count). The SMILES string of the molecule is CC[C@@H](C(=O)Nc1c(C)cccc1C)n1nc(-c2cccc(OC)c2)c2c(C)onc2c1=O. The Morgan fingerprint density at radius 2 is 1.85 bits per heavy atom. The monoisotopic (exact) mass is 446 g/mol. The zero-order valence-electron chi connectivity index (χ0n) is 19.3. The highest BCUT2D eigenvalue weighted by molar-refractivity contribution is 5.96. The second kappa shape index (κ2) is 8.90. The lowest BCUT2D eigenvalue weighted by atomic mass is 10.1. The fourth-order valence-corrected chi connectivity index (χ4v) is 3.98. The number of amides is 1. The summed E-state index contributed by atoms with van der Waals surface area (Å²) in [4.78, 5) is 26.6. The van der Waals surface area contributed by atoms with Gasteiger partial charge < -0.3 is 14.6 Å². The minimum absolute atomic E-state index is 0.138. The van der Waals surface area contributed by atoms with Crippen LogP contribution in [0.3, 0.4) is 0 Å². The van der Waals surface area contributed by atoms with Gasteiger partial charge in [-0.15, -0.1) is 0 Å². The van der Waals surface area contributed by atoms with Crippen LogP contribution in [-0.2, 0) is 4.79 Å². The summed E-state index contributed by atoms with van der Waals surface area (Å²) in [7, 11) is 1.58.